The van der Waals surface area contributed by atoms with Gasteiger partial charge in [0.2, 0.25) is 0 Å². The molecule has 0 radical (unpaired) electrons. The van der Waals surface area contributed by atoms with Crippen molar-refractivity contribution in [1.82, 2.24) is 19.6 Å². The molecule has 0 saturated carbocycles. The van der Waals surface area contributed by atoms with Gasteiger partial charge in [0.15, 0.2) is 58.7 Å². The maximum Gasteiger partial charge on any atom is 0.171 e. The quantitative estimate of drug-likeness (QED) is 0.0217. The highest BCUT2D eigenvalue weighted by Crippen LogP contribution is 2.37. The summed E-state index contributed by atoms with van der Waals surface area (Å²) in [7, 11) is -0.587. The third kappa shape index (κ3) is 25.9. The van der Waals surface area contributed by atoms with E-state index in [9.17, 15) is 30.6 Å². The van der Waals surface area contributed by atoms with Gasteiger partial charge >= 0.3 is 0 Å². The summed E-state index contributed by atoms with van der Waals surface area (Å²) in [5.74, 6) is 0. The summed E-state index contributed by atoms with van der Waals surface area (Å²) in [6.07, 6.45) is 0. The molecule has 0 aliphatic rings. The van der Waals surface area contributed by atoms with E-state index < -0.39 is 0 Å². The number of aliphatic hydroxyl groups excluding tert-OH is 6. The predicted octanol–water partition coefficient (Wildman–Crippen LogP) is 16.7. The molecular formula is C93H106N4O6S4+4. The van der Waals surface area contributed by atoms with Crippen molar-refractivity contribution in [2.24, 2.45) is 0 Å². The fraction of sp³-hybridized carbons (Fsp3) is 0.226. The molecule has 107 heavy (non-hydrogen) atoms. The smallest absolute Gasteiger partial charge is 0.171 e. The van der Waals surface area contributed by atoms with Gasteiger partial charge in [-0.15, -0.1) is 0 Å². The molecule has 6 N–H and O–H groups in total. The van der Waals surface area contributed by atoms with Crippen molar-refractivity contribution in [3.05, 3.63) is 362 Å². The molecule has 0 aromatic heterocycles. The third-order valence-electron chi connectivity index (χ3n) is 17.7. The zero-order chi connectivity index (χ0) is 75.1. The SMILES string of the molecule is CCN(Cc1ccccc1[S+](c1ccccc1)c1ccccc1)C(C)C.OCCN(CCO)Cc1ccc([S+](c2ccccc2)c2ccccc2)cc1.OCCN(CCO)Cc1cccc([S+](c2ccccc2)c2ccccc2)c1.OCCN(CCO)Cc1ccccc1[S+](c1ccccc1)c1ccccc1. The van der Waals surface area contributed by atoms with Crippen molar-refractivity contribution < 1.29 is 30.6 Å². The summed E-state index contributed by atoms with van der Waals surface area (Å²) in [5.41, 5.74) is 5.04. The zero-order valence-electron chi connectivity index (χ0n) is 62.0. The van der Waals surface area contributed by atoms with Crippen molar-refractivity contribution in [2.45, 2.75) is 112 Å². The molecule has 10 nitrogen and oxygen atoms in total. The number of hydrogen-bond donors (Lipinski definition) is 6. The second-order valence-electron chi connectivity index (χ2n) is 25.6. The van der Waals surface area contributed by atoms with Crippen molar-refractivity contribution in [1.29, 1.82) is 0 Å². The Balaban J connectivity index is 0.000000165. The standard InChI is InChI=1S/C24H28NS.3C23H26NO2S/c1-4-25(20(2)3)19-21-13-11-12-18-24(21)26(22-14-7-5-8-15-22)23-16-9-6-10-17-23;25-17-15-24(16-18-26)19-20-9-7-8-14-23(20)27(21-10-3-1-4-11-21)22-12-5-2-6-13-22;25-16-14-24(15-17-26)19-20-8-7-13-23(18-20)27(21-9-3-1-4-10-21)22-11-5-2-6-12-22;25-17-15-24(16-18-26)19-20-11-13-23(14-12-20)27(21-7-3-1-4-8-21)22-9-5-2-6-10-22/h5-18,20H,4,19H2,1-3H3;1-14,25-26H,15-19H2;1-13,18,25-26H,14-17,19H2;1-14,25-26H,15-19H2/q4*+1. The van der Waals surface area contributed by atoms with E-state index in [-0.39, 0.29) is 83.2 Å². The van der Waals surface area contributed by atoms with E-state index >= 15 is 0 Å². The highest BCUT2D eigenvalue weighted by atomic mass is 32.2. The summed E-state index contributed by atoms with van der Waals surface area (Å²) in [6, 6.07) is 121. The first-order valence-electron chi connectivity index (χ1n) is 36.9. The topological polar surface area (TPSA) is 134 Å². The fourth-order valence-electron chi connectivity index (χ4n) is 12.5. The minimum atomic E-state index is -0.202. The Morgan fingerprint density at radius 2 is 0.495 bits per heavy atom. The Hall–Kier alpha value is -8.36. The van der Waals surface area contributed by atoms with Gasteiger partial charge in [-0.3, -0.25) is 19.6 Å². The van der Waals surface area contributed by atoms with Gasteiger partial charge < -0.3 is 30.6 Å². The lowest BCUT2D eigenvalue weighted by Crippen LogP contribution is -2.30. The van der Waals surface area contributed by atoms with E-state index in [0.717, 1.165) is 26.2 Å². The Morgan fingerprint density at radius 1 is 0.243 bits per heavy atom. The van der Waals surface area contributed by atoms with Gasteiger partial charge in [-0.2, -0.15) is 0 Å². The fourth-order valence-corrected chi connectivity index (χ4v) is 21.3. The average Bonchev–Trinajstić information content (AvgIpc) is 0.820. The highest BCUT2D eigenvalue weighted by Gasteiger charge is 2.34. The molecule has 0 bridgehead atoms. The highest BCUT2D eigenvalue weighted by molar-refractivity contribution is 7.98. The monoisotopic (exact) mass is 1500 g/mol. The molecule has 12 rings (SSSR count). The average molecular weight is 1500 g/mol. The molecule has 0 heterocycles. The van der Waals surface area contributed by atoms with Crippen LogP contribution in [0.15, 0.2) is 398 Å². The van der Waals surface area contributed by atoms with Crippen LogP contribution in [-0.2, 0) is 69.8 Å². The van der Waals surface area contributed by atoms with E-state index in [1.807, 2.05) is 24.3 Å². The van der Waals surface area contributed by atoms with Crippen LogP contribution in [0.25, 0.3) is 0 Å². The molecule has 12 aromatic rings. The molecular weight excluding hydrogens is 1400 g/mol. The molecule has 0 spiro atoms. The number of nitrogens with zero attached hydrogens (tertiary/aromatic N) is 4. The van der Waals surface area contributed by atoms with Gasteiger partial charge in [0.1, 0.15) is 0 Å². The third-order valence-corrected chi connectivity index (χ3v) is 26.8. The van der Waals surface area contributed by atoms with Crippen molar-refractivity contribution in [3.63, 3.8) is 0 Å². The van der Waals surface area contributed by atoms with Crippen LogP contribution in [0.2, 0.25) is 0 Å². The van der Waals surface area contributed by atoms with Gasteiger partial charge in [-0.25, -0.2) is 0 Å². The summed E-state index contributed by atoms with van der Waals surface area (Å²) in [5, 5.41) is 55.6. The van der Waals surface area contributed by atoms with E-state index in [0.29, 0.717) is 51.9 Å². The molecule has 0 aliphatic heterocycles. The van der Waals surface area contributed by atoms with Crippen LogP contribution in [-0.4, -0.2) is 142 Å². The van der Waals surface area contributed by atoms with Gasteiger partial charge in [0.05, 0.1) is 83.2 Å². The van der Waals surface area contributed by atoms with E-state index in [1.165, 1.54) is 81.0 Å². The number of rotatable bonds is 34. The molecule has 0 aliphatic carbocycles. The van der Waals surface area contributed by atoms with Crippen LogP contribution in [0.1, 0.15) is 43.0 Å². The maximum atomic E-state index is 9.35. The molecule has 0 unspecified atom stereocenters. The molecule has 554 valence electrons. The number of benzene rings is 12. The minimum absolute atomic E-state index is 0.0845. The first-order valence-corrected chi connectivity index (χ1v) is 41.8. The number of aliphatic hydroxyl groups is 6. The first kappa shape index (κ1) is 82.7. The molecule has 0 amide bonds. The molecule has 14 heteroatoms. The molecule has 0 saturated heterocycles. The van der Waals surface area contributed by atoms with Crippen molar-refractivity contribution >= 4 is 43.6 Å². The van der Waals surface area contributed by atoms with Crippen LogP contribution in [0.4, 0.5) is 0 Å². The van der Waals surface area contributed by atoms with E-state index in [4.69, 9.17) is 0 Å². The summed E-state index contributed by atoms with van der Waals surface area (Å²) < 4.78 is 0. The van der Waals surface area contributed by atoms with E-state index in [2.05, 4.69) is 356 Å². The number of hydrogen-bond acceptors (Lipinski definition) is 10. The van der Waals surface area contributed by atoms with Gasteiger partial charge in [-0.1, -0.05) is 213 Å². The summed E-state index contributed by atoms with van der Waals surface area (Å²) >= 11 is 0. The summed E-state index contributed by atoms with van der Waals surface area (Å²) in [4.78, 5) is 24.5. The van der Waals surface area contributed by atoms with Gasteiger partial charge in [-0.05, 0) is 165 Å². The second-order valence-corrected chi connectivity index (χ2v) is 33.6. The predicted molar refractivity (Wildman–Crippen MR) is 446 cm³/mol. The van der Waals surface area contributed by atoms with Crippen LogP contribution >= 0.6 is 0 Å². The van der Waals surface area contributed by atoms with E-state index in [1.54, 1.807) is 0 Å². The maximum absolute atomic E-state index is 9.35. The largest absolute Gasteiger partial charge is 0.395 e. The Bertz CT molecular complexity index is 4160. The normalized spacial score (nSPS) is 11.3. The Morgan fingerprint density at radius 3 is 0.804 bits per heavy atom. The minimum Gasteiger partial charge on any atom is -0.395 e. The Kier molecular flexibility index (Phi) is 36.1. The lowest BCUT2D eigenvalue weighted by Gasteiger charge is -2.25. The molecule has 0 atom stereocenters. The second kappa shape index (κ2) is 46.8. The van der Waals surface area contributed by atoms with Crippen LogP contribution in [0.5, 0.6) is 0 Å². The van der Waals surface area contributed by atoms with Gasteiger partial charge in [0, 0.05) is 82.6 Å². The van der Waals surface area contributed by atoms with Gasteiger partial charge in [0.25, 0.3) is 0 Å². The van der Waals surface area contributed by atoms with Crippen molar-refractivity contribution in [2.75, 3.05) is 85.5 Å². The zero-order valence-corrected chi connectivity index (χ0v) is 65.3. The lowest BCUT2D eigenvalue weighted by molar-refractivity contribution is 0.155. The van der Waals surface area contributed by atoms with Crippen molar-refractivity contribution in [3.8, 4) is 0 Å². The van der Waals surface area contributed by atoms with Crippen LogP contribution < -0.4 is 0 Å². The lowest BCUT2D eigenvalue weighted by atomic mass is 10.2. The Labute approximate surface area is 648 Å². The molecule has 0 fully saturated rings. The van der Waals surface area contributed by atoms with Crippen LogP contribution in [0.3, 0.4) is 0 Å². The van der Waals surface area contributed by atoms with Crippen LogP contribution in [0, 0.1) is 0 Å². The first-order chi connectivity index (χ1) is 52.7. The summed E-state index contributed by atoms with van der Waals surface area (Å²) in [6.45, 7) is 15.0. The molecule has 12 aromatic carbocycles.